The van der Waals surface area contributed by atoms with E-state index < -0.39 is 5.91 Å². The van der Waals surface area contributed by atoms with Gasteiger partial charge in [0.2, 0.25) is 5.91 Å². The zero-order valence-electron chi connectivity index (χ0n) is 12.8. The summed E-state index contributed by atoms with van der Waals surface area (Å²) in [5.41, 5.74) is 7.02. The lowest BCUT2D eigenvalue weighted by molar-refractivity contribution is 0.100. The molecule has 3 amide bonds. The van der Waals surface area contributed by atoms with Crippen LogP contribution in [0.15, 0.2) is 54.6 Å². The van der Waals surface area contributed by atoms with E-state index >= 15 is 0 Å². The molecule has 0 radical (unpaired) electrons. The summed E-state index contributed by atoms with van der Waals surface area (Å²) in [7, 11) is 1.59. The number of primary amides is 1. The average molecular weight is 313 g/mol. The smallest absolute Gasteiger partial charge is 0.319 e. The molecule has 0 heterocycles. The number of hydrogen-bond donors (Lipinski definition) is 3. The molecule has 1 unspecified atom stereocenters. The second-order valence-electron chi connectivity index (χ2n) is 4.92. The van der Waals surface area contributed by atoms with Gasteiger partial charge in [-0.3, -0.25) is 4.79 Å². The Bertz CT molecular complexity index is 674. The van der Waals surface area contributed by atoms with E-state index in [-0.39, 0.29) is 12.1 Å². The monoisotopic (exact) mass is 313 g/mol. The second-order valence-corrected chi connectivity index (χ2v) is 4.92. The van der Waals surface area contributed by atoms with E-state index in [4.69, 9.17) is 10.5 Å². The summed E-state index contributed by atoms with van der Waals surface area (Å²) in [5.74, 6) is -0.544. The van der Waals surface area contributed by atoms with E-state index in [0.29, 0.717) is 17.8 Å². The molecule has 6 heteroatoms. The third-order valence-electron chi connectivity index (χ3n) is 3.31. The van der Waals surface area contributed by atoms with Gasteiger partial charge in [-0.15, -0.1) is 0 Å². The normalized spacial score (nSPS) is 11.5. The first-order valence-electron chi connectivity index (χ1n) is 7.12. The van der Waals surface area contributed by atoms with Crippen molar-refractivity contribution < 1.29 is 14.3 Å². The molecule has 6 nitrogen and oxygen atoms in total. The quantitative estimate of drug-likeness (QED) is 0.764. The summed E-state index contributed by atoms with van der Waals surface area (Å²) in [6.45, 7) is 0.321. The highest BCUT2D eigenvalue weighted by molar-refractivity contribution is 5.95. The molecule has 0 spiro atoms. The Hall–Kier alpha value is -2.86. The molecule has 0 saturated heterocycles. The molecule has 0 fully saturated rings. The number of rotatable bonds is 6. The van der Waals surface area contributed by atoms with E-state index in [0.717, 1.165) is 5.56 Å². The molecule has 0 aliphatic carbocycles. The average Bonchev–Trinajstić information content (AvgIpc) is 2.56. The van der Waals surface area contributed by atoms with Crippen LogP contribution in [0.4, 0.5) is 10.5 Å². The van der Waals surface area contributed by atoms with Crippen LogP contribution < -0.4 is 16.4 Å². The van der Waals surface area contributed by atoms with Crippen LogP contribution in [0.25, 0.3) is 0 Å². The zero-order chi connectivity index (χ0) is 16.7. The number of ether oxygens (including phenoxy) is 1. The SMILES string of the molecule is COC(CNC(=O)Nc1cccc(C(N)=O)c1)c1ccccc1. The van der Waals surface area contributed by atoms with E-state index in [2.05, 4.69) is 10.6 Å². The van der Waals surface area contributed by atoms with Gasteiger partial charge in [-0.2, -0.15) is 0 Å². The number of hydrogen-bond acceptors (Lipinski definition) is 3. The van der Waals surface area contributed by atoms with Crippen LogP contribution in [0, 0.1) is 0 Å². The topological polar surface area (TPSA) is 93.4 Å². The van der Waals surface area contributed by atoms with Crippen LogP contribution >= 0.6 is 0 Å². The number of nitrogens with one attached hydrogen (secondary N) is 2. The van der Waals surface area contributed by atoms with Crippen molar-refractivity contribution in [3.63, 3.8) is 0 Å². The Morgan fingerprint density at radius 2 is 1.87 bits per heavy atom. The lowest BCUT2D eigenvalue weighted by atomic mass is 10.1. The van der Waals surface area contributed by atoms with Gasteiger partial charge in [0.1, 0.15) is 0 Å². The maximum absolute atomic E-state index is 12.0. The molecule has 0 bridgehead atoms. The molecule has 4 N–H and O–H groups in total. The van der Waals surface area contributed by atoms with Gasteiger partial charge < -0.3 is 21.1 Å². The van der Waals surface area contributed by atoms with Gasteiger partial charge in [0, 0.05) is 24.9 Å². The van der Waals surface area contributed by atoms with Crippen LogP contribution in [0.2, 0.25) is 0 Å². The third-order valence-corrected chi connectivity index (χ3v) is 3.31. The molecule has 1 atom stereocenters. The van der Waals surface area contributed by atoms with Crippen LogP contribution in [0.5, 0.6) is 0 Å². The molecule has 120 valence electrons. The van der Waals surface area contributed by atoms with Gasteiger partial charge in [-0.05, 0) is 23.8 Å². The Balaban J connectivity index is 1.92. The number of nitrogens with two attached hydrogens (primary N) is 1. The first-order valence-corrected chi connectivity index (χ1v) is 7.12. The van der Waals surface area contributed by atoms with Crippen LogP contribution in [0.3, 0.4) is 0 Å². The summed E-state index contributed by atoms with van der Waals surface area (Å²) < 4.78 is 5.38. The highest BCUT2D eigenvalue weighted by Gasteiger charge is 2.12. The number of benzene rings is 2. The molecule has 2 aromatic rings. The lowest BCUT2D eigenvalue weighted by Gasteiger charge is -2.17. The highest BCUT2D eigenvalue weighted by Crippen LogP contribution is 2.15. The van der Waals surface area contributed by atoms with Crippen molar-refractivity contribution in [1.82, 2.24) is 5.32 Å². The first kappa shape index (κ1) is 16.5. The van der Waals surface area contributed by atoms with E-state index in [9.17, 15) is 9.59 Å². The van der Waals surface area contributed by atoms with Gasteiger partial charge >= 0.3 is 6.03 Å². The van der Waals surface area contributed by atoms with Crippen molar-refractivity contribution in [3.8, 4) is 0 Å². The Morgan fingerprint density at radius 3 is 2.52 bits per heavy atom. The molecule has 0 aliphatic rings. The van der Waals surface area contributed by atoms with Crippen LogP contribution in [-0.4, -0.2) is 25.6 Å². The molecular formula is C17H19N3O3. The van der Waals surface area contributed by atoms with Gasteiger partial charge in [-0.1, -0.05) is 36.4 Å². The van der Waals surface area contributed by atoms with Crippen molar-refractivity contribution in [2.45, 2.75) is 6.10 Å². The number of methoxy groups -OCH3 is 1. The van der Waals surface area contributed by atoms with E-state index in [1.165, 1.54) is 6.07 Å². The van der Waals surface area contributed by atoms with Gasteiger partial charge in [-0.25, -0.2) is 4.79 Å². The number of amides is 3. The second kappa shape index (κ2) is 7.95. The van der Waals surface area contributed by atoms with Crippen molar-refractivity contribution in [2.24, 2.45) is 5.73 Å². The highest BCUT2D eigenvalue weighted by atomic mass is 16.5. The molecule has 23 heavy (non-hydrogen) atoms. The zero-order valence-corrected chi connectivity index (χ0v) is 12.8. The van der Waals surface area contributed by atoms with Crippen molar-refractivity contribution in [2.75, 3.05) is 19.0 Å². The van der Waals surface area contributed by atoms with Gasteiger partial charge in [0.25, 0.3) is 0 Å². The van der Waals surface area contributed by atoms with Gasteiger partial charge in [0.05, 0.1) is 6.10 Å². The van der Waals surface area contributed by atoms with E-state index in [1.54, 1.807) is 25.3 Å². The molecule has 0 saturated carbocycles. The summed E-state index contributed by atoms with van der Waals surface area (Å²) in [6.07, 6.45) is -0.237. The molecule has 2 aromatic carbocycles. The van der Waals surface area contributed by atoms with Crippen LogP contribution in [0.1, 0.15) is 22.0 Å². The minimum absolute atomic E-state index is 0.237. The maximum Gasteiger partial charge on any atom is 0.319 e. The lowest BCUT2D eigenvalue weighted by Crippen LogP contribution is -2.33. The minimum Gasteiger partial charge on any atom is -0.375 e. The van der Waals surface area contributed by atoms with Crippen molar-refractivity contribution >= 4 is 17.6 Å². The van der Waals surface area contributed by atoms with Gasteiger partial charge in [0.15, 0.2) is 0 Å². The fraction of sp³-hybridized carbons (Fsp3) is 0.176. The summed E-state index contributed by atoms with van der Waals surface area (Å²) in [4.78, 5) is 23.1. The van der Waals surface area contributed by atoms with Crippen molar-refractivity contribution in [1.29, 1.82) is 0 Å². The molecule has 0 aliphatic heterocycles. The maximum atomic E-state index is 12.0. The molecular weight excluding hydrogens is 294 g/mol. The fourth-order valence-electron chi connectivity index (χ4n) is 2.12. The standard InChI is InChI=1S/C17H19N3O3/c1-23-15(12-6-3-2-4-7-12)11-19-17(22)20-14-9-5-8-13(10-14)16(18)21/h2-10,15H,11H2,1H3,(H2,18,21)(H2,19,20,22). The largest absolute Gasteiger partial charge is 0.375 e. The number of anilines is 1. The summed E-state index contributed by atoms with van der Waals surface area (Å²) >= 11 is 0. The number of carbonyl (C=O) groups excluding carboxylic acids is 2. The number of urea groups is 1. The first-order chi connectivity index (χ1) is 11.1. The van der Waals surface area contributed by atoms with E-state index in [1.807, 2.05) is 30.3 Å². The Labute approximate surface area is 134 Å². The Kier molecular flexibility index (Phi) is 5.71. The third kappa shape index (κ3) is 4.82. The molecule has 0 aromatic heterocycles. The Morgan fingerprint density at radius 1 is 1.13 bits per heavy atom. The predicted octanol–water partition coefficient (Wildman–Crippen LogP) is 2.29. The van der Waals surface area contributed by atoms with Crippen molar-refractivity contribution in [3.05, 3.63) is 65.7 Å². The predicted molar refractivity (Wildman–Crippen MR) is 88.2 cm³/mol. The van der Waals surface area contributed by atoms with Crippen LogP contribution in [-0.2, 0) is 4.74 Å². The number of carbonyl (C=O) groups is 2. The summed E-state index contributed by atoms with van der Waals surface area (Å²) in [5, 5.41) is 5.39. The fourth-order valence-corrected chi connectivity index (χ4v) is 2.12. The summed E-state index contributed by atoms with van der Waals surface area (Å²) in [6, 6.07) is 15.7. The minimum atomic E-state index is -0.544. The molecule has 2 rings (SSSR count).